The Hall–Kier alpha value is -0.670. The van der Waals surface area contributed by atoms with Crippen molar-refractivity contribution < 1.29 is 15.0 Å². The number of ketones is 1. The quantitative estimate of drug-likeness (QED) is 0.460. The minimum Gasteiger partial charge on any atom is -0.393 e. The number of fused-ring (bicyclic) bond motifs is 3. The fraction of sp³-hybridized carbons (Fsp3) is 0.900. The molecule has 2 N–H and O–H groups in total. The lowest BCUT2D eigenvalue weighted by Gasteiger charge is -2.62. The SMILES string of the molecule is CC(C)=CCC[C@@H](C)[C@H]1CC[C@@]2(C)C(=O)[C@@]3(CC[C@]12C)[C@@H](O)C[C@H]1C(C)(C)[C@@H](O)CC[C@@]13C. The van der Waals surface area contributed by atoms with Gasteiger partial charge in [0.15, 0.2) is 0 Å². The molecule has 4 rings (SSSR count). The van der Waals surface area contributed by atoms with Crippen molar-refractivity contribution >= 4 is 5.78 Å². The molecule has 1 spiro atoms. The first kappa shape index (κ1) is 25.4. The van der Waals surface area contributed by atoms with Crippen molar-refractivity contribution in [3.63, 3.8) is 0 Å². The van der Waals surface area contributed by atoms with Gasteiger partial charge in [-0.1, -0.05) is 53.2 Å². The monoisotopic (exact) mass is 458 g/mol. The molecule has 0 aromatic rings. The fourth-order valence-electron chi connectivity index (χ4n) is 9.90. The molecule has 3 nitrogen and oxygen atoms in total. The first-order valence-corrected chi connectivity index (χ1v) is 13.7. The molecule has 0 aromatic carbocycles. The highest BCUT2D eigenvalue weighted by Gasteiger charge is 2.76. The minimum absolute atomic E-state index is 0.0115. The van der Waals surface area contributed by atoms with Crippen LogP contribution in [0.3, 0.4) is 0 Å². The zero-order valence-electron chi connectivity index (χ0n) is 22.6. The largest absolute Gasteiger partial charge is 0.393 e. The molecule has 0 unspecified atom stereocenters. The van der Waals surface area contributed by atoms with E-state index in [0.29, 0.717) is 24.0 Å². The summed E-state index contributed by atoms with van der Waals surface area (Å²) in [4.78, 5) is 14.8. The van der Waals surface area contributed by atoms with Gasteiger partial charge in [0.2, 0.25) is 0 Å². The molecule has 4 saturated carbocycles. The van der Waals surface area contributed by atoms with E-state index < -0.39 is 11.5 Å². The number of hydrogen-bond donors (Lipinski definition) is 2. The van der Waals surface area contributed by atoms with Crippen LogP contribution in [0.4, 0.5) is 0 Å². The zero-order chi connectivity index (χ0) is 24.6. The molecule has 0 saturated heterocycles. The van der Waals surface area contributed by atoms with Crippen molar-refractivity contribution in [2.24, 2.45) is 44.8 Å². The van der Waals surface area contributed by atoms with Gasteiger partial charge in [-0.3, -0.25) is 4.79 Å². The first-order valence-electron chi connectivity index (χ1n) is 13.7. The maximum absolute atomic E-state index is 14.8. The van der Waals surface area contributed by atoms with Gasteiger partial charge in [-0.05, 0) is 106 Å². The van der Waals surface area contributed by atoms with Crippen LogP contribution >= 0.6 is 0 Å². The average molecular weight is 459 g/mol. The Balaban J connectivity index is 1.67. The summed E-state index contributed by atoms with van der Waals surface area (Å²) in [5.41, 5.74) is -0.111. The Bertz CT molecular complexity index is 824. The summed E-state index contributed by atoms with van der Waals surface area (Å²) in [5.74, 6) is 1.73. The van der Waals surface area contributed by atoms with Crippen LogP contribution in [-0.2, 0) is 4.79 Å². The number of hydrogen-bond acceptors (Lipinski definition) is 3. The lowest BCUT2D eigenvalue weighted by molar-refractivity contribution is -0.186. The Labute approximate surface area is 202 Å². The van der Waals surface area contributed by atoms with Crippen LogP contribution < -0.4 is 0 Å². The van der Waals surface area contributed by atoms with E-state index in [-0.39, 0.29) is 33.7 Å². The van der Waals surface area contributed by atoms with E-state index in [9.17, 15) is 15.0 Å². The lowest BCUT2D eigenvalue weighted by atomic mass is 9.41. The Kier molecular flexibility index (Phi) is 6.10. The summed E-state index contributed by atoms with van der Waals surface area (Å²) in [7, 11) is 0. The fourth-order valence-corrected chi connectivity index (χ4v) is 9.90. The van der Waals surface area contributed by atoms with Crippen LogP contribution in [0.5, 0.6) is 0 Å². The maximum Gasteiger partial charge on any atom is 0.148 e. The van der Waals surface area contributed by atoms with Crippen molar-refractivity contribution in [3.8, 4) is 0 Å². The second kappa shape index (κ2) is 7.92. The van der Waals surface area contributed by atoms with Gasteiger partial charge in [0.25, 0.3) is 0 Å². The third-order valence-electron chi connectivity index (χ3n) is 12.4. The molecule has 0 bridgehead atoms. The molecule has 33 heavy (non-hydrogen) atoms. The predicted octanol–water partition coefficient (Wildman–Crippen LogP) is 6.71. The number of rotatable bonds is 4. The van der Waals surface area contributed by atoms with E-state index in [1.807, 2.05) is 0 Å². The first-order chi connectivity index (χ1) is 15.2. The van der Waals surface area contributed by atoms with E-state index in [1.165, 1.54) is 12.0 Å². The number of aliphatic hydroxyl groups excluding tert-OH is 2. The van der Waals surface area contributed by atoms with Gasteiger partial charge in [0.1, 0.15) is 5.78 Å². The molecule has 3 heteroatoms. The van der Waals surface area contributed by atoms with E-state index in [0.717, 1.165) is 44.9 Å². The summed E-state index contributed by atoms with van der Waals surface area (Å²) in [6, 6.07) is 0. The number of carbonyl (C=O) groups is 1. The summed E-state index contributed by atoms with van der Waals surface area (Å²) < 4.78 is 0. The lowest BCUT2D eigenvalue weighted by Crippen LogP contribution is -2.64. The van der Waals surface area contributed by atoms with Crippen molar-refractivity contribution in [1.82, 2.24) is 0 Å². The number of allylic oxidation sites excluding steroid dienone is 2. The molecule has 0 amide bonds. The van der Waals surface area contributed by atoms with Gasteiger partial charge in [0, 0.05) is 5.41 Å². The Morgan fingerprint density at radius 2 is 1.64 bits per heavy atom. The third-order valence-corrected chi connectivity index (χ3v) is 12.4. The molecule has 4 aliphatic rings. The molecule has 4 fully saturated rings. The normalized spacial score (nSPS) is 49.6. The molecule has 0 radical (unpaired) electrons. The van der Waals surface area contributed by atoms with Crippen LogP contribution in [-0.4, -0.2) is 28.2 Å². The zero-order valence-corrected chi connectivity index (χ0v) is 22.6. The maximum atomic E-state index is 14.8. The number of aliphatic hydroxyl groups is 2. The van der Waals surface area contributed by atoms with Crippen molar-refractivity contribution in [3.05, 3.63) is 11.6 Å². The van der Waals surface area contributed by atoms with Gasteiger partial charge >= 0.3 is 0 Å². The van der Waals surface area contributed by atoms with Crippen LogP contribution in [0.25, 0.3) is 0 Å². The van der Waals surface area contributed by atoms with Crippen LogP contribution in [0.2, 0.25) is 0 Å². The smallest absolute Gasteiger partial charge is 0.148 e. The second-order valence-corrected chi connectivity index (χ2v) is 14.1. The van der Waals surface area contributed by atoms with Crippen LogP contribution in [0, 0.1) is 44.8 Å². The van der Waals surface area contributed by atoms with E-state index in [4.69, 9.17) is 0 Å². The highest BCUT2D eigenvalue weighted by Crippen LogP contribution is 2.75. The Morgan fingerprint density at radius 3 is 2.27 bits per heavy atom. The summed E-state index contributed by atoms with van der Waals surface area (Å²) >= 11 is 0. The van der Waals surface area contributed by atoms with Crippen molar-refractivity contribution in [2.75, 3.05) is 0 Å². The highest BCUT2D eigenvalue weighted by molar-refractivity contribution is 5.94. The molecule has 0 aliphatic heterocycles. The third kappa shape index (κ3) is 3.16. The van der Waals surface area contributed by atoms with Crippen molar-refractivity contribution in [1.29, 1.82) is 0 Å². The van der Waals surface area contributed by atoms with Gasteiger partial charge in [-0.25, -0.2) is 0 Å². The van der Waals surface area contributed by atoms with E-state index in [2.05, 4.69) is 61.5 Å². The molecule has 0 heterocycles. The topological polar surface area (TPSA) is 57.5 Å². The summed E-state index contributed by atoms with van der Waals surface area (Å²) in [5, 5.41) is 22.5. The van der Waals surface area contributed by atoms with Gasteiger partial charge in [0.05, 0.1) is 17.6 Å². The number of carbonyl (C=O) groups excluding carboxylic acids is 1. The number of Topliss-reactive ketones (excluding diaryl/α,β-unsaturated/α-hetero) is 1. The molecule has 9 atom stereocenters. The van der Waals surface area contributed by atoms with E-state index >= 15 is 0 Å². The van der Waals surface area contributed by atoms with Crippen molar-refractivity contribution in [2.45, 2.75) is 125 Å². The van der Waals surface area contributed by atoms with Gasteiger partial charge < -0.3 is 10.2 Å². The average Bonchev–Trinajstić information content (AvgIpc) is 3.13. The van der Waals surface area contributed by atoms with Crippen LogP contribution in [0.1, 0.15) is 113 Å². The second-order valence-electron chi connectivity index (χ2n) is 14.1. The minimum atomic E-state index is -0.649. The standard InChI is InChI=1S/C30H50O3/c1-19(2)10-9-11-20(3)21-12-14-29(8)25(33)30(17-16-27(21,29)6)24(32)18-22-26(4,5)23(31)13-15-28(22,30)7/h10,20-24,31-32H,9,11-18H2,1-8H3/t20-,21-,22+,23+,24+,27-,28+,29+,30-/m1/s1. The Morgan fingerprint density at radius 1 is 0.970 bits per heavy atom. The van der Waals surface area contributed by atoms with Gasteiger partial charge in [-0.15, -0.1) is 0 Å². The van der Waals surface area contributed by atoms with Gasteiger partial charge in [-0.2, -0.15) is 0 Å². The molecule has 4 aliphatic carbocycles. The molecule has 0 aromatic heterocycles. The summed E-state index contributed by atoms with van der Waals surface area (Å²) in [6.07, 6.45) is 9.91. The van der Waals surface area contributed by atoms with Crippen LogP contribution in [0.15, 0.2) is 11.6 Å². The molecular formula is C30H50O3. The molecular weight excluding hydrogens is 408 g/mol. The highest BCUT2D eigenvalue weighted by atomic mass is 16.3. The molecule has 188 valence electrons. The summed E-state index contributed by atoms with van der Waals surface area (Å²) in [6.45, 7) is 18.0. The predicted molar refractivity (Wildman–Crippen MR) is 135 cm³/mol. The van der Waals surface area contributed by atoms with E-state index in [1.54, 1.807) is 0 Å².